The Hall–Kier alpha value is -2.81. The Morgan fingerprint density at radius 2 is 1.77 bits per heavy atom. The van der Waals surface area contributed by atoms with Crippen molar-refractivity contribution in [2.24, 2.45) is 0 Å². The predicted octanol–water partition coefficient (Wildman–Crippen LogP) is 5.40. The maximum absolute atomic E-state index is 12.7. The lowest BCUT2D eigenvalue weighted by Crippen LogP contribution is -2.39. The zero-order valence-electron chi connectivity index (χ0n) is 17.7. The van der Waals surface area contributed by atoms with E-state index in [0.29, 0.717) is 6.61 Å². The van der Waals surface area contributed by atoms with E-state index in [-0.39, 0.29) is 17.5 Å². The molecule has 0 aliphatic heterocycles. The highest BCUT2D eigenvalue weighted by Gasteiger charge is 2.31. The van der Waals surface area contributed by atoms with Crippen molar-refractivity contribution in [3.63, 3.8) is 0 Å². The number of halogens is 3. The van der Waals surface area contributed by atoms with Crippen LogP contribution in [0.25, 0.3) is 0 Å². The number of alkyl halides is 3. The SMILES string of the molecule is COCc1ccncc1.COc1ccc(C(F)(F)F)cc1NC(=O)NC1CCCCC1. The van der Waals surface area contributed by atoms with Crippen LogP contribution in [0.2, 0.25) is 0 Å². The molecule has 0 spiro atoms. The fourth-order valence-electron chi connectivity index (χ4n) is 3.22. The first-order chi connectivity index (χ1) is 14.8. The van der Waals surface area contributed by atoms with Crippen molar-refractivity contribution in [3.8, 4) is 5.75 Å². The summed E-state index contributed by atoms with van der Waals surface area (Å²) < 4.78 is 48.1. The van der Waals surface area contributed by atoms with Gasteiger partial charge in [0.1, 0.15) is 5.75 Å². The Balaban J connectivity index is 0.000000316. The standard InChI is InChI=1S/C15H19F3N2O2.C7H9NO/c1-22-13-8-7-10(15(16,17)18)9-12(13)20-14(21)19-11-5-3-2-4-6-11;1-9-6-7-2-4-8-5-3-7/h7-9,11H,2-6H2,1H3,(H2,19,20,21);2-5H,6H2,1H3. The van der Waals surface area contributed by atoms with E-state index in [1.54, 1.807) is 19.5 Å². The van der Waals surface area contributed by atoms with Crippen LogP contribution in [0.1, 0.15) is 43.2 Å². The highest BCUT2D eigenvalue weighted by atomic mass is 19.4. The summed E-state index contributed by atoms with van der Waals surface area (Å²) in [6, 6.07) is 6.42. The number of amides is 2. The topological polar surface area (TPSA) is 72.5 Å². The maximum Gasteiger partial charge on any atom is 0.416 e. The lowest BCUT2D eigenvalue weighted by atomic mass is 9.96. The van der Waals surface area contributed by atoms with Gasteiger partial charge in [0.05, 0.1) is 25.0 Å². The van der Waals surface area contributed by atoms with Gasteiger partial charge in [-0.3, -0.25) is 4.98 Å². The predicted molar refractivity (Wildman–Crippen MR) is 112 cm³/mol. The first kappa shape index (κ1) is 24.5. The number of benzene rings is 1. The van der Waals surface area contributed by atoms with Crippen LogP contribution in [0.3, 0.4) is 0 Å². The van der Waals surface area contributed by atoms with Crippen LogP contribution in [-0.2, 0) is 17.5 Å². The molecule has 2 N–H and O–H groups in total. The van der Waals surface area contributed by atoms with E-state index in [1.807, 2.05) is 12.1 Å². The van der Waals surface area contributed by atoms with E-state index < -0.39 is 17.8 Å². The summed E-state index contributed by atoms with van der Waals surface area (Å²) in [5.41, 5.74) is 0.333. The second kappa shape index (κ2) is 12.1. The van der Waals surface area contributed by atoms with Crippen LogP contribution in [0, 0.1) is 0 Å². The number of aromatic nitrogens is 1. The average Bonchev–Trinajstić information content (AvgIpc) is 2.75. The Morgan fingerprint density at radius 1 is 1.10 bits per heavy atom. The molecule has 6 nitrogen and oxygen atoms in total. The number of hydrogen-bond donors (Lipinski definition) is 2. The van der Waals surface area contributed by atoms with Crippen molar-refractivity contribution < 1.29 is 27.4 Å². The van der Waals surface area contributed by atoms with Gasteiger partial charge in [-0.05, 0) is 48.7 Å². The molecule has 0 bridgehead atoms. The monoisotopic (exact) mass is 439 g/mol. The largest absolute Gasteiger partial charge is 0.495 e. The summed E-state index contributed by atoms with van der Waals surface area (Å²) in [6.07, 6.45) is 4.10. The zero-order chi connectivity index (χ0) is 22.7. The second-order valence-electron chi connectivity index (χ2n) is 7.13. The van der Waals surface area contributed by atoms with E-state index in [4.69, 9.17) is 9.47 Å². The number of methoxy groups -OCH3 is 2. The molecule has 1 saturated carbocycles. The molecule has 1 heterocycles. The number of urea groups is 1. The summed E-state index contributed by atoms with van der Waals surface area (Å²) in [5.74, 6) is 0.187. The van der Waals surface area contributed by atoms with Gasteiger partial charge in [-0.1, -0.05) is 19.3 Å². The van der Waals surface area contributed by atoms with Gasteiger partial charge in [0.25, 0.3) is 0 Å². The van der Waals surface area contributed by atoms with E-state index in [2.05, 4.69) is 15.6 Å². The van der Waals surface area contributed by atoms with Gasteiger partial charge < -0.3 is 20.1 Å². The van der Waals surface area contributed by atoms with E-state index in [1.165, 1.54) is 13.2 Å². The van der Waals surface area contributed by atoms with Crippen molar-refractivity contribution in [2.75, 3.05) is 19.5 Å². The van der Waals surface area contributed by atoms with Crippen LogP contribution in [0.15, 0.2) is 42.7 Å². The van der Waals surface area contributed by atoms with E-state index in [9.17, 15) is 18.0 Å². The van der Waals surface area contributed by atoms with Crippen molar-refractivity contribution in [1.82, 2.24) is 10.3 Å². The smallest absolute Gasteiger partial charge is 0.416 e. The number of anilines is 1. The number of hydrogen-bond acceptors (Lipinski definition) is 4. The fourth-order valence-corrected chi connectivity index (χ4v) is 3.22. The van der Waals surface area contributed by atoms with Crippen LogP contribution in [-0.4, -0.2) is 31.3 Å². The minimum Gasteiger partial charge on any atom is -0.495 e. The molecule has 1 aliphatic carbocycles. The number of nitrogens with zero attached hydrogens (tertiary/aromatic N) is 1. The average molecular weight is 439 g/mol. The third-order valence-corrected chi connectivity index (χ3v) is 4.78. The molecular formula is C22H28F3N3O3. The second-order valence-corrected chi connectivity index (χ2v) is 7.13. The molecule has 9 heteroatoms. The van der Waals surface area contributed by atoms with Gasteiger partial charge in [-0.15, -0.1) is 0 Å². The van der Waals surface area contributed by atoms with Crippen LogP contribution >= 0.6 is 0 Å². The number of nitrogens with one attached hydrogen (secondary N) is 2. The molecule has 0 unspecified atom stereocenters. The molecule has 1 fully saturated rings. The van der Waals surface area contributed by atoms with Crippen molar-refractivity contribution in [2.45, 2.75) is 50.9 Å². The molecule has 0 atom stereocenters. The molecule has 2 amide bonds. The Kier molecular flexibility index (Phi) is 9.58. The summed E-state index contributed by atoms with van der Waals surface area (Å²) >= 11 is 0. The van der Waals surface area contributed by atoms with Gasteiger partial charge in [0, 0.05) is 25.5 Å². The van der Waals surface area contributed by atoms with Gasteiger partial charge in [0.2, 0.25) is 0 Å². The molecule has 1 aromatic carbocycles. The molecule has 1 aliphatic rings. The first-order valence-corrected chi connectivity index (χ1v) is 10.0. The van der Waals surface area contributed by atoms with Gasteiger partial charge in [-0.25, -0.2) is 4.79 Å². The molecule has 31 heavy (non-hydrogen) atoms. The lowest BCUT2D eigenvalue weighted by Gasteiger charge is -2.23. The number of carbonyl (C=O) groups is 1. The molecule has 0 radical (unpaired) electrons. The van der Waals surface area contributed by atoms with E-state index in [0.717, 1.165) is 49.8 Å². The first-order valence-electron chi connectivity index (χ1n) is 10.0. The van der Waals surface area contributed by atoms with Crippen LogP contribution in [0.5, 0.6) is 5.75 Å². The molecule has 3 rings (SSSR count). The third kappa shape index (κ3) is 8.45. The quantitative estimate of drug-likeness (QED) is 0.655. The number of carbonyl (C=O) groups excluding carboxylic acids is 1. The van der Waals surface area contributed by atoms with Gasteiger partial charge >= 0.3 is 12.2 Å². The molecule has 1 aromatic heterocycles. The Morgan fingerprint density at radius 3 is 2.35 bits per heavy atom. The number of pyridine rings is 1. The Labute approximate surface area is 180 Å². The number of rotatable bonds is 5. The van der Waals surface area contributed by atoms with Gasteiger partial charge in [-0.2, -0.15) is 13.2 Å². The molecule has 0 saturated heterocycles. The number of ether oxygens (including phenoxy) is 2. The normalized spacial score (nSPS) is 14.2. The molecular weight excluding hydrogens is 411 g/mol. The van der Waals surface area contributed by atoms with Crippen LogP contribution in [0.4, 0.5) is 23.7 Å². The third-order valence-electron chi connectivity index (χ3n) is 4.78. The highest BCUT2D eigenvalue weighted by molar-refractivity contribution is 5.91. The molecule has 2 aromatic rings. The molecule has 170 valence electrons. The lowest BCUT2D eigenvalue weighted by molar-refractivity contribution is -0.137. The summed E-state index contributed by atoms with van der Waals surface area (Å²) in [5, 5.41) is 5.24. The Bertz CT molecular complexity index is 811. The minimum atomic E-state index is -4.47. The fraction of sp³-hybridized carbons (Fsp3) is 0.455. The van der Waals surface area contributed by atoms with E-state index >= 15 is 0 Å². The maximum atomic E-state index is 12.7. The minimum absolute atomic E-state index is 0.00522. The van der Waals surface area contributed by atoms with Gasteiger partial charge in [0.15, 0.2) is 0 Å². The summed E-state index contributed by atoms with van der Waals surface area (Å²) in [7, 11) is 3.02. The highest BCUT2D eigenvalue weighted by Crippen LogP contribution is 2.34. The zero-order valence-corrected chi connectivity index (χ0v) is 17.7. The summed E-state index contributed by atoms with van der Waals surface area (Å²) in [4.78, 5) is 15.8. The van der Waals surface area contributed by atoms with Crippen LogP contribution < -0.4 is 15.4 Å². The van der Waals surface area contributed by atoms with Crippen molar-refractivity contribution in [1.29, 1.82) is 0 Å². The van der Waals surface area contributed by atoms with Crippen molar-refractivity contribution >= 4 is 11.7 Å². The van der Waals surface area contributed by atoms with Crippen molar-refractivity contribution in [3.05, 3.63) is 53.9 Å². The summed E-state index contributed by atoms with van der Waals surface area (Å²) in [6.45, 7) is 0.669.